The molecule has 0 radical (unpaired) electrons. The van der Waals surface area contributed by atoms with Crippen LogP contribution in [0.15, 0.2) is 28.7 Å². The summed E-state index contributed by atoms with van der Waals surface area (Å²) in [7, 11) is 1.81. The first kappa shape index (κ1) is 22.2. The van der Waals surface area contributed by atoms with E-state index in [0.717, 1.165) is 12.0 Å². The Balaban J connectivity index is 2.08. The number of benzene rings is 1. The second-order valence-corrected chi connectivity index (χ2v) is 6.71. The van der Waals surface area contributed by atoms with Gasteiger partial charge in [-0.15, -0.1) is 0 Å². The number of rotatable bonds is 9. The third kappa shape index (κ3) is 5.68. The topological polar surface area (TPSA) is 115 Å². The molecular formula is C21H27N3O5. The predicted molar refractivity (Wildman–Crippen MR) is 109 cm³/mol. The number of likely N-dealkylation sites (N-methyl/N-ethyl adjacent to an activating group) is 1. The number of carbonyl (C=O) groups is 3. The molecule has 0 unspecified atom stereocenters. The number of furan rings is 1. The summed E-state index contributed by atoms with van der Waals surface area (Å²) < 4.78 is 10.4. The molecule has 0 aliphatic heterocycles. The van der Waals surface area contributed by atoms with Crippen LogP contribution < -0.4 is 11.1 Å². The predicted octanol–water partition coefficient (Wildman–Crippen LogP) is 2.50. The lowest BCUT2D eigenvalue weighted by Gasteiger charge is -2.16. The summed E-state index contributed by atoms with van der Waals surface area (Å²) in [6.07, 6.45) is 0.969. The number of hydrogen-bond donors (Lipinski definition) is 2. The average molecular weight is 401 g/mol. The molecule has 29 heavy (non-hydrogen) atoms. The highest BCUT2D eigenvalue weighted by atomic mass is 16.5. The third-order valence-electron chi connectivity index (χ3n) is 4.36. The quantitative estimate of drug-likeness (QED) is 0.624. The number of esters is 1. The van der Waals surface area contributed by atoms with Crippen molar-refractivity contribution >= 4 is 23.7 Å². The highest BCUT2D eigenvalue weighted by Crippen LogP contribution is 2.27. The Morgan fingerprint density at radius 2 is 1.72 bits per heavy atom. The largest absolute Gasteiger partial charge is 0.462 e. The molecule has 3 N–H and O–H groups in total. The first-order valence-electron chi connectivity index (χ1n) is 9.43. The van der Waals surface area contributed by atoms with Gasteiger partial charge in [-0.2, -0.15) is 0 Å². The Hall–Kier alpha value is -3.13. The summed E-state index contributed by atoms with van der Waals surface area (Å²) >= 11 is 0. The van der Waals surface area contributed by atoms with E-state index in [2.05, 4.69) is 24.4 Å². The Kier molecular flexibility index (Phi) is 7.55. The van der Waals surface area contributed by atoms with Crippen molar-refractivity contribution in [1.29, 1.82) is 0 Å². The van der Waals surface area contributed by atoms with Crippen molar-refractivity contribution in [1.82, 2.24) is 4.90 Å². The SMILES string of the molecule is CCOC(=O)c1c(C)oc(NC(=O)CN(C)Cc2ccc(CC)cc2)c1C(N)=O. The standard InChI is InChI=1S/C21H27N3O5/c1-5-14-7-9-15(10-8-14)11-24(4)12-16(25)23-20-18(19(22)26)17(13(3)29-20)21(27)28-6-2/h7-10H,5-6,11-12H2,1-4H3,(H2,22,26)(H,23,25). The normalized spacial score (nSPS) is 10.8. The van der Waals surface area contributed by atoms with Crippen LogP contribution in [0.2, 0.25) is 0 Å². The fraction of sp³-hybridized carbons (Fsp3) is 0.381. The second kappa shape index (κ2) is 9.88. The van der Waals surface area contributed by atoms with E-state index in [1.807, 2.05) is 17.0 Å². The molecule has 0 spiro atoms. The lowest BCUT2D eigenvalue weighted by molar-refractivity contribution is -0.117. The second-order valence-electron chi connectivity index (χ2n) is 6.71. The van der Waals surface area contributed by atoms with Gasteiger partial charge in [0, 0.05) is 6.54 Å². The van der Waals surface area contributed by atoms with E-state index in [-0.39, 0.29) is 35.9 Å². The Morgan fingerprint density at radius 3 is 2.28 bits per heavy atom. The number of nitrogens with one attached hydrogen (secondary N) is 1. The monoisotopic (exact) mass is 401 g/mol. The molecular weight excluding hydrogens is 374 g/mol. The first-order valence-corrected chi connectivity index (χ1v) is 9.43. The Morgan fingerprint density at radius 1 is 1.10 bits per heavy atom. The van der Waals surface area contributed by atoms with E-state index < -0.39 is 17.8 Å². The molecule has 8 heteroatoms. The van der Waals surface area contributed by atoms with E-state index in [9.17, 15) is 14.4 Å². The van der Waals surface area contributed by atoms with Crippen molar-refractivity contribution < 1.29 is 23.5 Å². The van der Waals surface area contributed by atoms with Crippen LogP contribution in [-0.2, 0) is 22.5 Å². The highest BCUT2D eigenvalue weighted by molar-refractivity contribution is 6.10. The molecule has 8 nitrogen and oxygen atoms in total. The molecule has 0 aliphatic rings. The Bertz CT molecular complexity index is 886. The van der Waals surface area contributed by atoms with Gasteiger partial charge in [-0.3, -0.25) is 19.8 Å². The number of ether oxygens (including phenoxy) is 1. The highest BCUT2D eigenvalue weighted by Gasteiger charge is 2.29. The number of hydrogen-bond acceptors (Lipinski definition) is 6. The zero-order valence-electron chi connectivity index (χ0n) is 17.2. The number of aryl methyl sites for hydroxylation is 2. The smallest absolute Gasteiger partial charge is 0.342 e. The number of carbonyl (C=O) groups excluding carboxylic acids is 3. The molecule has 1 aromatic heterocycles. The van der Waals surface area contributed by atoms with E-state index >= 15 is 0 Å². The summed E-state index contributed by atoms with van der Waals surface area (Å²) in [6.45, 7) is 6.00. The lowest BCUT2D eigenvalue weighted by atomic mass is 10.1. The Labute approximate surface area is 170 Å². The number of anilines is 1. The van der Waals surface area contributed by atoms with E-state index in [1.54, 1.807) is 14.0 Å². The summed E-state index contributed by atoms with van der Waals surface area (Å²) in [4.78, 5) is 38.2. The van der Waals surface area contributed by atoms with Gasteiger partial charge < -0.3 is 14.9 Å². The molecule has 0 saturated carbocycles. The van der Waals surface area contributed by atoms with Crippen LogP contribution in [-0.4, -0.2) is 42.9 Å². The van der Waals surface area contributed by atoms with Crippen LogP contribution in [0.4, 0.5) is 5.88 Å². The summed E-state index contributed by atoms with van der Waals surface area (Å²) in [6, 6.07) is 8.18. The van der Waals surface area contributed by atoms with Crippen molar-refractivity contribution in [3.8, 4) is 0 Å². The van der Waals surface area contributed by atoms with Crippen LogP contribution in [0, 0.1) is 6.92 Å². The maximum atomic E-state index is 12.4. The van der Waals surface area contributed by atoms with Gasteiger partial charge in [0.1, 0.15) is 16.9 Å². The average Bonchev–Trinajstić information content (AvgIpc) is 2.98. The van der Waals surface area contributed by atoms with E-state index in [0.29, 0.717) is 6.54 Å². The van der Waals surface area contributed by atoms with Gasteiger partial charge >= 0.3 is 5.97 Å². The molecule has 0 fully saturated rings. The minimum absolute atomic E-state index is 0.0578. The zero-order chi connectivity index (χ0) is 21.6. The van der Waals surface area contributed by atoms with Crippen molar-refractivity contribution in [2.45, 2.75) is 33.7 Å². The van der Waals surface area contributed by atoms with Gasteiger partial charge in [0.15, 0.2) is 0 Å². The molecule has 2 rings (SSSR count). The molecule has 2 amide bonds. The molecule has 0 atom stereocenters. The van der Waals surface area contributed by atoms with Gasteiger partial charge in [0.25, 0.3) is 5.91 Å². The summed E-state index contributed by atoms with van der Waals surface area (Å²) in [5, 5.41) is 2.53. The molecule has 0 saturated heterocycles. The van der Waals surface area contributed by atoms with E-state index in [1.165, 1.54) is 12.5 Å². The van der Waals surface area contributed by atoms with Crippen molar-refractivity contribution in [2.75, 3.05) is 25.5 Å². The number of primary amides is 1. The molecule has 1 aromatic carbocycles. The summed E-state index contributed by atoms with van der Waals surface area (Å²) in [5.41, 5.74) is 7.47. The lowest BCUT2D eigenvalue weighted by Crippen LogP contribution is -2.30. The van der Waals surface area contributed by atoms with Crippen molar-refractivity contribution in [3.63, 3.8) is 0 Å². The maximum Gasteiger partial charge on any atom is 0.342 e. The van der Waals surface area contributed by atoms with Crippen LogP contribution in [0.25, 0.3) is 0 Å². The van der Waals surface area contributed by atoms with E-state index in [4.69, 9.17) is 14.9 Å². The minimum atomic E-state index is -0.885. The molecule has 156 valence electrons. The number of nitrogens with two attached hydrogens (primary N) is 1. The molecule has 2 aromatic rings. The third-order valence-corrected chi connectivity index (χ3v) is 4.36. The van der Waals surface area contributed by atoms with Gasteiger partial charge in [-0.05, 0) is 38.4 Å². The number of amides is 2. The fourth-order valence-electron chi connectivity index (χ4n) is 2.98. The van der Waals surface area contributed by atoms with Gasteiger partial charge in [0.2, 0.25) is 11.8 Å². The van der Waals surface area contributed by atoms with Crippen LogP contribution in [0.1, 0.15) is 51.5 Å². The molecule has 0 aliphatic carbocycles. The summed E-state index contributed by atoms with van der Waals surface area (Å²) in [5.74, 6) is -2.01. The maximum absolute atomic E-state index is 12.4. The van der Waals surface area contributed by atoms with Crippen LogP contribution in [0.5, 0.6) is 0 Å². The van der Waals surface area contributed by atoms with Crippen molar-refractivity contribution in [3.05, 3.63) is 52.3 Å². The van der Waals surface area contributed by atoms with Crippen LogP contribution >= 0.6 is 0 Å². The number of nitrogens with zero attached hydrogens (tertiary/aromatic N) is 1. The fourth-order valence-corrected chi connectivity index (χ4v) is 2.98. The first-order chi connectivity index (χ1) is 13.8. The van der Waals surface area contributed by atoms with Gasteiger partial charge in [0.05, 0.1) is 13.2 Å². The van der Waals surface area contributed by atoms with Crippen LogP contribution in [0.3, 0.4) is 0 Å². The zero-order valence-corrected chi connectivity index (χ0v) is 17.2. The molecule has 0 bridgehead atoms. The van der Waals surface area contributed by atoms with Gasteiger partial charge in [-0.25, -0.2) is 4.79 Å². The molecule has 1 heterocycles. The van der Waals surface area contributed by atoms with Crippen molar-refractivity contribution in [2.24, 2.45) is 5.73 Å². The van der Waals surface area contributed by atoms with Gasteiger partial charge in [-0.1, -0.05) is 31.2 Å². The minimum Gasteiger partial charge on any atom is -0.462 e.